The van der Waals surface area contributed by atoms with Crippen LogP contribution in [0.15, 0.2) is 42.5 Å². The zero-order valence-electron chi connectivity index (χ0n) is 16.2. The van der Waals surface area contributed by atoms with Gasteiger partial charge in [0, 0.05) is 24.3 Å². The molecular weight excluding hydrogens is 378 g/mol. The summed E-state index contributed by atoms with van der Waals surface area (Å²) < 4.78 is 15.8. The van der Waals surface area contributed by atoms with Gasteiger partial charge in [0.15, 0.2) is 5.11 Å². The van der Waals surface area contributed by atoms with Gasteiger partial charge in [-0.05, 0) is 55.0 Å². The maximum Gasteiger partial charge on any atom is 0.269 e. The van der Waals surface area contributed by atoms with Gasteiger partial charge >= 0.3 is 0 Å². The van der Waals surface area contributed by atoms with E-state index in [9.17, 15) is 4.79 Å². The van der Waals surface area contributed by atoms with Crippen molar-refractivity contribution >= 4 is 23.2 Å². The quantitative estimate of drug-likeness (QED) is 0.462. The molecule has 0 aliphatic carbocycles. The Balaban J connectivity index is 1.85. The van der Waals surface area contributed by atoms with Crippen LogP contribution in [0.25, 0.3) is 0 Å². The number of hydrazine groups is 1. The molecule has 0 bridgehead atoms. The lowest BCUT2D eigenvalue weighted by Gasteiger charge is -2.13. The Morgan fingerprint density at radius 2 is 1.79 bits per heavy atom. The Kier molecular flexibility index (Phi) is 8.51. The van der Waals surface area contributed by atoms with Gasteiger partial charge in [0.1, 0.15) is 11.5 Å². The molecule has 0 unspecified atom stereocenters. The molecule has 8 heteroatoms. The number of rotatable bonds is 8. The van der Waals surface area contributed by atoms with E-state index in [2.05, 4.69) is 16.2 Å². The van der Waals surface area contributed by atoms with E-state index in [1.165, 1.54) is 0 Å². The minimum Gasteiger partial charge on any atom is -0.497 e. The molecule has 2 rings (SSSR count). The van der Waals surface area contributed by atoms with Crippen LogP contribution in [0.1, 0.15) is 28.4 Å². The zero-order valence-corrected chi connectivity index (χ0v) is 17.0. The minimum atomic E-state index is -0.311. The molecule has 0 aromatic heterocycles. The smallest absolute Gasteiger partial charge is 0.269 e. The summed E-state index contributed by atoms with van der Waals surface area (Å²) >= 11 is 5.19. The van der Waals surface area contributed by atoms with Crippen LogP contribution in [-0.4, -0.2) is 31.8 Å². The summed E-state index contributed by atoms with van der Waals surface area (Å²) in [6.07, 6.45) is 0. The third kappa shape index (κ3) is 6.40. The Hall–Kier alpha value is -2.84. The highest BCUT2D eigenvalue weighted by atomic mass is 32.1. The third-order valence-corrected chi connectivity index (χ3v) is 4.15. The van der Waals surface area contributed by atoms with Crippen molar-refractivity contribution in [2.24, 2.45) is 0 Å². The highest BCUT2D eigenvalue weighted by Gasteiger charge is 2.11. The SMILES string of the molecule is CCOCc1cc(C(=O)NNC(=S)NCc2ccc(OC)cc2)ccc1OC. The van der Waals surface area contributed by atoms with Crippen molar-refractivity contribution in [2.75, 3.05) is 20.8 Å². The first-order valence-corrected chi connectivity index (χ1v) is 9.20. The number of benzene rings is 2. The molecule has 0 atom stereocenters. The van der Waals surface area contributed by atoms with Crippen LogP contribution >= 0.6 is 12.2 Å². The molecule has 2 aromatic rings. The largest absolute Gasteiger partial charge is 0.497 e. The highest BCUT2D eigenvalue weighted by Crippen LogP contribution is 2.20. The molecule has 0 aliphatic rings. The van der Waals surface area contributed by atoms with Gasteiger partial charge < -0.3 is 19.5 Å². The molecular formula is C20H25N3O4S. The van der Waals surface area contributed by atoms with Gasteiger partial charge in [-0.2, -0.15) is 0 Å². The van der Waals surface area contributed by atoms with Crippen molar-refractivity contribution in [1.82, 2.24) is 16.2 Å². The molecule has 0 heterocycles. The fourth-order valence-electron chi connectivity index (χ4n) is 2.40. The van der Waals surface area contributed by atoms with Gasteiger partial charge in [0.05, 0.1) is 20.8 Å². The number of methoxy groups -OCH3 is 2. The number of thiocarbonyl (C=S) groups is 1. The van der Waals surface area contributed by atoms with E-state index in [0.29, 0.717) is 36.2 Å². The van der Waals surface area contributed by atoms with E-state index < -0.39 is 0 Å². The average Bonchev–Trinajstić information content (AvgIpc) is 2.74. The fraction of sp³-hybridized carbons (Fsp3) is 0.300. The maximum absolute atomic E-state index is 12.4. The van der Waals surface area contributed by atoms with Crippen molar-refractivity contribution in [2.45, 2.75) is 20.1 Å². The summed E-state index contributed by atoms with van der Waals surface area (Å²) in [7, 11) is 3.20. The van der Waals surface area contributed by atoms with Gasteiger partial charge in [0.2, 0.25) is 0 Å². The Labute approximate surface area is 170 Å². The number of hydrogen-bond acceptors (Lipinski definition) is 5. The third-order valence-electron chi connectivity index (χ3n) is 3.91. The predicted octanol–water partition coefficient (Wildman–Crippen LogP) is 2.55. The number of hydrogen-bond donors (Lipinski definition) is 3. The molecule has 0 aliphatic heterocycles. The summed E-state index contributed by atoms with van der Waals surface area (Å²) in [5.41, 5.74) is 7.59. The van der Waals surface area contributed by atoms with Crippen molar-refractivity contribution in [1.29, 1.82) is 0 Å². The van der Waals surface area contributed by atoms with Crippen LogP contribution in [0.3, 0.4) is 0 Å². The number of nitrogens with one attached hydrogen (secondary N) is 3. The van der Waals surface area contributed by atoms with Crippen molar-refractivity contribution in [3.05, 3.63) is 59.2 Å². The number of amides is 1. The van der Waals surface area contributed by atoms with Crippen molar-refractivity contribution in [3.63, 3.8) is 0 Å². The Morgan fingerprint density at radius 1 is 1.04 bits per heavy atom. The molecule has 0 spiro atoms. The molecule has 7 nitrogen and oxygen atoms in total. The van der Waals surface area contributed by atoms with Crippen LogP contribution in [0.5, 0.6) is 11.5 Å². The first-order chi connectivity index (χ1) is 13.6. The first-order valence-electron chi connectivity index (χ1n) is 8.79. The second kappa shape index (κ2) is 11.1. The van der Waals surface area contributed by atoms with E-state index in [4.69, 9.17) is 26.4 Å². The molecule has 0 fully saturated rings. The number of carbonyl (C=O) groups is 1. The number of carbonyl (C=O) groups excluding carboxylic acids is 1. The Bertz CT molecular complexity index is 797. The molecule has 28 heavy (non-hydrogen) atoms. The average molecular weight is 404 g/mol. The van der Waals surface area contributed by atoms with Crippen LogP contribution in [0.4, 0.5) is 0 Å². The predicted molar refractivity (Wildman–Crippen MR) is 111 cm³/mol. The van der Waals surface area contributed by atoms with E-state index in [1.54, 1.807) is 32.4 Å². The standard InChI is InChI=1S/C20H25N3O4S/c1-4-27-13-16-11-15(7-10-18(16)26-3)19(24)22-23-20(28)21-12-14-5-8-17(25-2)9-6-14/h5-11H,4,12-13H2,1-3H3,(H,22,24)(H2,21,23,28). The topological polar surface area (TPSA) is 80.9 Å². The van der Waals surface area contributed by atoms with Gasteiger partial charge in [-0.1, -0.05) is 12.1 Å². The summed E-state index contributed by atoms with van der Waals surface area (Å²) in [5.74, 6) is 1.16. The fourth-order valence-corrected chi connectivity index (χ4v) is 2.52. The Morgan fingerprint density at radius 3 is 2.43 bits per heavy atom. The van der Waals surface area contributed by atoms with Crippen LogP contribution in [0, 0.1) is 0 Å². The van der Waals surface area contributed by atoms with Gasteiger partial charge in [-0.15, -0.1) is 0 Å². The molecule has 0 radical (unpaired) electrons. The second-order valence-electron chi connectivity index (χ2n) is 5.77. The lowest BCUT2D eigenvalue weighted by molar-refractivity contribution is 0.0943. The van der Waals surface area contributed by atoms with Gasteiger partial charge in [-0.25, -0.2) is 0 Å². The van der Waals surface area contributed by atoms with E-state index >= 15 is 0 Å². The van der Waals surface area contributed by atoms with Gasteiger partial charge in [0.25, 0.3) is 5.91 Å². The molecule has 150 valence electrons. The molecule has 2 aromatic carbocycles. The molecule has 0 saturated heterocycles. The van der Waals surface area contributed by atoms with E-state index in [1.807, 2.05) is 31.2 Å². The van der Waals surface area contributed by atoms with Crippen LogP contribution in [0.2, 0.25) is 0 Å². The molecule has 0 saturated carbocycles. The van der Waals surface area contributed by atoms with Crippen LogP contribution in [-0.2, 0) is 17.9 Å². The van der Waals surface area contributed by atoms with E-state index in [-0.39, 0.29) is 5.91 Å². The monoisotopic (exact) mass is 403 g/mol. The minimum absolute atomic E-state index is 0.311. The summed E-state index contributed by atoms with van der Waals surface area (Å²) in [5, 5.41) is 3.34. The lowest BCUT2D eigenvalue weighted by Crippen LogP contribution is -2.46. The molecule has 1 amide bonds. The van der Waals surface area contributed by atoms with Crippen LogP contribution < -0.4 is 25.6 Å². The normalized spacial score (nSPS) is 10.1. The second-order valence-corrected chi connectivity index (χ2v) is 6.18. The van der Waals surface area contributed by atoms with E-state index in [0.717, 1.165) is 16.9 Å². The summed E-state index contributed by atoms with van der Waals surface area (Å²) in [4.78, 5) is 12.4. The zero-order chi connectivity index (χ0) is 20.4. The van der Waals surface area contributed by atoms with Crippen molar-refractivity contribution < 1.29 is 19.0 Å². The van der Waals surface area contributed by atoms with Crippen molar-refractivity contribution in [3.8, 4) is 11.5 Å². The highest BCUT2D eigenvalue weighted by molar-refractivity contribution is 7.80. The summed E-state index contributed by atoms with van der Waals surface area (Å²) in [6.45, 7) is 3.38. The lowest BCUT2D eigenvalue weighted by atomic mass is 10.1. The number of ether oxygens (including phenoxy) is 3. The first kappa shape index (κ1) is 21.5. The molecule has 3 N–H and O–H groups in total. The maximum atomic E-state index is 12.4. The summed E-state index contributed by atoms with van der Waals surface area (Å²) in [6, 6.07) is 12.8. The van der Waals surface area contributed by atoms with Gasteiger partial charge in [-0.3, -0.25) is 15.6 Å².